The number of anilines is 3. The molecule has 8 rings (SSSR count). The van der Waals surface area contributed by atoms with E-state index in [2.05, 4.69) is 165 Å². The summed E-state index contributed by atoms with van der Waals surface area (Å²) in [4.78, 5) is 12.7. The number of nitrogens with zero attached hydrogens (tertiary/aromatic N) is 3. The Balaban J connectivity index is 1.27. The van der Waals surface area contributed by atoms with E-state index >= 15 is 0 Å². The van der Waals surface area contributed by atoms with Gasteiger partial charge < -0.3 is 9.47 Å². The van der Waals surface area contributed by atoms with Gasteiger partial charge in [0.2, 0.25) is 5.90 Å². The van der Waals surface area contributed by atoms with Gasteiger partial charge in [0.15, 0.2) is 0 Å². The molecule has 5 aromatic rings. The minimum absolute atomic E-state index is 0.0203. The van der Waals surface area contributed by atoms with E-state index in [1.165, 1.54) is 65.5 Å². The summed E-state index contributed by atoms with van der Waals surface area (Å²) >= 11 is 0. The molecule has 5 nitrogen and oxygen atoms in total. The highest BCUT2D eigenvalue weighted by Crippen LogP contribution is 2.53. The predicted octanol–water partition coefficient (Wildman–Crippen LogP) is 14.3. The molecule has 0 unspecified atom stereocenters. The number of hydrogen-bond acceptors (Lipinski definition) is 5. The van der Waals surface area contributed by atoms with Gasteiger partial charge in [-0.05, 0) is 124 Å². The van der Waals surface area contributed by atoms with Crippen molar-refractivity contribution in [3.05, 3.63) is 131 Å². The molecular weight excluding hydrogens is 699 g/mol. The van der Waals surface area contributed by atoms with E-state index in [1.54, 1.807) is 0 Å². The van der Waals surface area contributed by atoms with Crippen molar-refractivity contribution in [1.29, 1.82) is 0 Å². The van der Waals surface area contributed by atoms with Gasteiger partial charge in [-0.2, -0.15) is 0 Å². The summed E-state index contributed by atoms with van der Waals surface area (Å²) in [5.74, 6) is 4.41. The molecular formula is C52H61N3O2. The standard InChI is InChI=1S/C52H61N3O2/c1-33(2)41-19-16-20-42(34(3)4)48(41)35-27-36(49-54-52(10,32-56-49)37-17-12-11-13-18-37)29-40(28-35)57-39-23-24-44-46(31-39)55(45-22-15-14-21-43(45)51(44,8)9)47-30-38(25-26-53-47)50(5,6)7/h14-16,19-31,33-34,37H,11-13,17-18,32H2,1-10H3/t52-/m0/s1. The lowest BCUT2D eigenvalue weighted by atomic mass is 9.73. The van der Waals surface area contributed by atoms with E-state index < -0.39 is 0 Å². The predicted molar refractivity (Wildman–Crippen MR) is 237 cm³/mol. The average Bonchev–Trinajstić information content (AvgIpc) is 3.61. The number of aliphatic imine (C=N–C) groups is 1. The summed E-state index contributed by atoms with van der Waals surface area (Å²) in [6.07, 6.45) is 8.26. The zero-order valence-electron chi connectivity index (χ0n) is 35.9. The maximum atomic E-state index is 7.04. The average molecular weight is 760 g/mol. The molecule has 0 bridgehead atoms. The second-order valence-electron chi connectivity index (χ2n) is 19.2. The first-order chi connectivity index (χ1) is 27.1. The zero-order valence-corrected chi connectivity index (χ0v) is 35.9. The van der Waals surface area contributed by atoms with Crippen molar-refractivity contribution in [3.63, 3.8) is 0 Å². The highest BCUT2D eigenvalue weighted by Gasteiger charge is 2.41. The number of benzene rings is 4. The highest BCUT2D eigenvalue weighted by molar-refractivity contribution is 5.97. The van der Waals surface area contributed by atoms with E-state index in [0.717, 1.165) is 45.7 Å². The van der Waals surface area contributed by atoms with Crippen LogP contribution in [0.3, 0.4) is 0 Å². The van der Waals surface area contributed by atoms with E-state index in [9.17, 15) is 0 Å². The van der Waals surface area contributed by atoms with E-state index in [4.69, 9.17) is 19.5 Å². The lowest BCUT2D eigenvalue weighted by molar-refractivity contribution is 0.170. The number of para-hydroxylation sites is 1. The molecule has 1 saturated carbocycles. The maximum Gasteiger partial charge on any atom is 0.216 e. The van der Waals surface area contributed by atoms with Crippen LogP contribution in [0, 0.1) is 5.92 Å². The van der Waals surface area contributed by atoms with Crippen LogP contribution in [0.2, 0.25) is 0 Å². The van der Waals surface area contributed by atoms with Gasteiger partial charge in [0.1, 0.15) is 23.9 Å². The fourth-order valence-corrected chi connectivity index (χ4v) is 9.55. The van der Waals surface area contributed by atoms with Crippen molar-refractivity contribution in [1.82, 2.24) is 4.98 Å². The van der Waals surface area contributed by atoms with Crippen LogP contribution in [-0.2, 0) is 15.6 Å². The Labute approximate surface area is 341 Å². The molecule has 1 aromatic heterocycles. The van der Waals surface area contributed by atoms with Gasteiger partial charge >= 0.3 is 0 Å². The summed E-state index contributed by atoms with van der Waals surface area (Å²) in [6, 6.07) is 33.1. The van der Waals surface area contributed by atoms with Gasteiger partial charge in [-0.25, -0.2) is 9.98 Å². The first kappa shape index (κ1) is 38.9. The Bertz CT molecular complexity index is 2300. The van der Waals surface area contributed by atoms with Crippen LogP contribution >= 0.6 is 0 Å². The van der Waals surface area contributed by atoms with Crippen LogP contribution in [0.15, 0.2) is 102 Å². The normalized spacial score (nSPS) is 19.3. The number of rotatable bonds is 8. The van der Waals surface area contributed by atoms with Gasteiger partial charge in [-0.3, -0.25) is 4.90 Å². The molecule has 0 amide bonds. The molecule has 1 aliphatic carbocycles. The summed E-state index contributed by atoms with van der Waals surface area (Å²) in [5.41, 5.74) is 11.5. The zero-order chi connectivity index (χ0) is 40.3. The van der Waals surface area contributed by atoms with Gasteiger partial charge in [-0.15, -0.1) is 0 Å². The fourth-order valence-electron chi connectivity index (χ4n) is 9.55. The van der Waals surface area contributed by atoms with Gasteiger partial charge in [0, 0.05) is 23.2 Å². The lowest BCUT2D eigenvalue weighted by Gasteiger charge is -2.41. The van der Waals surface area contributed by atoms with Gasteiger partial charge in [0.05, 0.1) is 16.9 Å². The van der Waals surface area contributed by atoms with Crippen LogP contribution in [0.4, 0.5) is 17.2 Å². The Morgan fingerprint density at radius 3 is 2.11 bits per heavy atom. The smallest absolute Gasteiger partial charge is 0.216 e. The van der Waals surface area contributed by atoms with E-state index in [1.807, 2.05) is 6.20 Å². The van der Waals surface area contributed by atoms with Crippen molar-refractivity contribution >= 4 is 23.1 Å². The van der Waals surface area contributed by atoms with Gasteiger partial charge in [0.25, 0.3) is 0 Å². The number of fused-ring (bicyclic) bond motifs is 2. The minimum Gasteiger partial charge on any atom is -0.475 e. The van der Waals surface area contributed by atoms with Crippen molar-refractivity contribution in [2.24, 2.45) is 10.9 Å². The largest absolute Gasteiger partial charge is 0.475 e. The van der Waals surface area contributed by atoms with Crippen LogP contribution in [0.5, 0.6) is 11.5 Å². The highest BCUT2D eigenvalue weighted by atomic mass is 16.5. The second-order valence-corrected chi connectivity index (χ2v) is 19.2. The molecule has 0 N–H and O–H groups in total. The summed E-state index contributed by atoms with van der Waals surface area (Å²) in [6.45, 7) is 23.5. The summed E-state index contributed by atoms with van der Waals surface area (Å²) < 4.78 is 13.6. The minimum atomic E-state index is -0.230. The van der Waals surface area contributed by atoms with Crippen LogP contribution in [0.1, 0.15) is 147 Å². The molecule has 0 radical (unpaired) electrons. The molecule has 0 saturated heterocycles. The molecule has 1 atom stereocenters. The number of aromatic nitrogens is 1. The first-order valence-corrected chi connectivity index (χ1v) is 21.3. The number of hydrogen-bond donors (Lipinski definition) is 0. The number of ether oxygens (including phenoxy) is 2. The van der Waals surface area contributed by atoms with E-state index in [0.29, 0.717) is 24.4 Å². The second kappa shape index (κ2) is 14.8. The summed E-state index contributed by atoms with van der Waals surface area (Å²) in [7, 11) is 0. The quantitative estimate of drug-likeness (QED) is 0.158. The van der Waals surface area contributed by atoms with Crippen LogP contribution < -0.4 is 9.64 Å². The SMILES string of the molecule is CC(C)c1cccc(C(C)C)c1-c1cc(Oc2ccc3c(c2)N(c2cc(C(C)(C)C)ccn2)c2ccccc2C3(C)C)cc(C2=N[C@](C)(C3CCCCC3)CO2)c1. The molecule has 5 heteroatoms. The van der Waals surface area contributed by atoms with Crippen molar-refractivity contribution < 1.29 is 9.47 Å². The third-order valence-electron chi connectivity index (χ3n) is 12.9. The molecule has 3 aliphatic rings. The molecule has 1 fully saturated rings. The Hall–Kier alpha value is -4.90. The molecule has 3 heterocycles. The molecule has 57 heavy (non-hydrogen) atoms. The maximum absolute atomic E-state index is 7.04. The Morgan fingerprint density at radius 1 is 0.719 bits per heavy atom. The Kier molecular flexibility index (Phi) is 10.1. The van der Waals surface area contributed by atoms with Crippen molar-refractivity contribution in [2.75, 3.05) is 11.5 Å². The van der Waals surface area contributed by atoms with Crippen LogP contribution in [-0.4, -0.2) is 23.0 Å². The van der Waals surface area contributed by atoms with Crippen molar-refractivity contribution in [3.8, 4) is 22.6 Å². The lowest BCUT2D eigenvalue weighted by Crippen LogP contribution is -2.35. The third kappa shape index (κ3) is 7.28. The molecule has 0 spiro atoms. The molecule has 2 aliphatic heterocycles. The molecule has 296 valence electrons. The van der Waals surface area contributed by atoms with Crippen molar-refractivity contribution in [2.45, 2.75) is 130 Å². The number of pyridine rings is 1. The first-order valence-electron chi connectivity index (χ1n) is 21.3. The Morgan fingerprint density at radius 2 is 1.40 bits per heavy atom. The molecule has 4 aromatic carbocycles. The van der Waals surface area contributed by atoms with Gasteiger partial charge in [-0.1, -0.05) is 124 Å². The third-order valence-corrected chi connectivity index (χ3v) is 12.9. The van der Waals surface area contributed by atoms with E-state index in [-0.39, 0.29) is 16.4 Å². The summed E-state index contributed by atoms with van der Waals surface area (Å²) in [5, 5.41) is 0. The monoisotopic (exact) mass is 759 g/mol. The fraction of sp³-hybridized carbons (Fsp3) is 0.423. The van der Waals surface area contributed by atoms with Crippen LogP contribution in [0.25, 0.3) is 11.1 Å². The topological polar surface area (TPSA) is 47.0 Å².